The molecule has 0 saturated heterocycles. The average Bonchev–Trinajstić information content (AvgIpc) is 2.49. The topological polar surface area (TPSA) is 68.4 Å². The van der Waals surface area contributed by atoms with Crippen LogP contribution in [0.4, 0.5) is 0 Å². The van der Waals surface area contributed by atoms with Crippen molar-refractivity contribution in [3.63, 3.8) is 0 Å². The van der Waals surface area contributed by atoms with Gasteiger partial charge in [0.2, 0.25) is 0 Å². The van der Waals surface area contributed by atoms with Crippen LogP contribution in [0.25, 0.3) is 0 Å². The smallest absolute Gasteiger partial charge is 0.119 e. The first-order valence-corrected chi connectivity index (χ1v) is 7.09. The van der Waals surface area contributed by atoms with E-state index in [-0.39, 0.29) is 5.92 Å². The van der Waals surface area contributed by atoms with Gasteiger partial charge in [-0.25, -0.2) is 0 Å². The summed E-state index contributed by atoms with van der Waals surface area (Å²) in [6.07, 6.45) is 0.949. The van der Waals surface area contributed by atoms with E-state index in [0.717, 1.165) is 15.7 Å². The van der Waals surface area contributed by atoms with Crippen molar-refractivity contribution in [2.45, 2.75) is 12.0 Å². The molecule has 4 nitrogen and oxygen atoms in total. The molecular weight excluding hydrogens is 320 g/mol. The summed E-state index contributed by atoms with van der Waals surface area (Å²) in [5, 5.41) is 10.6. The lowest BCUT2D eigenvalue weighted by molar-refractivity contribution is 0.144. The van der Waals surface area contributed by atoms with Gasteiger partial charge in [0.05, 0.1) is 13.2 Å². The van der Waals surface area contributed by atoms with Crippen LogP contribution in [-0.4, -0.2) is 23.7 Å². The molecular formula is C15H17BrN2O2. The molecule has 3 N–H and O–H groups in total. The third kappa shape index (κ3) is 3.17. The van der Waals surface area contributed by atoms with Crippen molar-refractivity contribution in [1.82, 2.24) is 4.98 Å². The predicted octanol–water partition coefficient (Wildman–Crippen LogP) is 2.63. The van der Waals surface area contributed by atoms with E-state index in [1.807, 2.05) is 30.3 Å². The van der Waals surface area contributed by atoms with Crippen LogP contribution >= 0.6 is 15.9 Å². The number of hydrogen-bond donors (Lipinski definition) is 2. The number of ether oxygens (including phenoxy) is 1. The largest absolute Gasteiger partial charge is 0.497 e. The summed E-state index contributed by atoms with van der Waals surface area (Å²) >= 11 is 3.45. The monoisotopic (exact) mass is 336 g/mol. The van der Waals surface area contributed by atoms with Gasteiger partial charge in [0, 0.05) is 28.8 Å². The van der Waals surface area contributed by atoms with Crippen LogP contribution in [0.3, 0.4) is 0 Å². The van der Waals surface area contributed by atoms with Gasteiger partial charge in [0.25, 0.3) is 0 Å². The second kappa shape index (κ2) is 6.83. The zero-order chi connectivity index (χ0) is 14.5. The van der Waals surface area contributed by atoms with E-state index in [9.17, 15) is 5.11 Å². The van der Waals surface area contributed by atoms with Gasteiger partial charge in [-0.15, -0.1) is 0 Å². The molecule has 2 atom stereocenters. The van der Waals surface area contributed by atoms with Crippen LogP contribution in [0, 0.1) is 0 Å². The van der Waals surface area contributed by atoms with Gasteiger partial charge in [0.1, 0.15) is 5.75 Å². The number of hydrogen-bond acceptors (Lipinski definition) is 4. The molecule has 1 heterocycles. The Morgan fingerprint density at radius 3 is 2.75 bits per heavy atom. The molecule has 0 aliphatic heterocycles. The molecule has 0 spiro atoms. The minimum atomic E-state index is -0.751. The molecule has 1 aromatic carbocycles. The molecule has 20 heavy (non-hydrogen) atoms. The van der Waals surface area contributed by atoms with E-state index < -0.39 is 6.10 Å². The van der Waals surface area contributed by atoms with Gasteiger partial charge < -0.3 is 15.6 Å². The first-order chi connectivity index (χ1) is 9.67. The van der Waals surface area contributed by atoms with Crippen molar-refractivity contribution in [3.05, 3.63) is 58.3 Å². The van der Waals surface area contributed by atoms with Crippen molar-refractivity contribution in [2.24, 2.45) is 5.73 Å². The van der Waals surface area contributed by atoms with Crippen LogP contribution in [0.15, 0.2) is 47.1 Å². The average molecular weight is 337 g/mol. The summed E-state index contributed by atoms with van der Waals surface area (Å²) in [6, 6.07) is 11.1. The maximum absolute atomic E-state index is 10.6. The standard InChI is InChI=1S/C15H17BrN2O2/c1-20-10-5-6-13(16)11(8-10)15(19)12(9-17)14-4-2-3-7-18-14/h2-8,12,15,19H,9,17H2,1H3. The van der Waals surface area contributed by atoms with Gasteiger partial charge in [-0.05, 0) is 35.9 Å². The number of nitrogens with two attached hydrogens (primary N) is 1. The lowest BCUT2D eigenvalue weighted by Gasteiger charge is -2.22. The maximum atomic E-state index is 10.6. The Morgan fingerprint density at radius 1 is 1.35 bits per heavy atom. The highest BCUT2D eigenvalue weighted by atomic mass is 79.9. The first-order valence-electron chi connectivity index (χ1n) is 6.30. The molecule has 5 heteroatoms. The zero-order valence-corrected chi connectivity index (χ0v) is 12.7. The van der Waals surface area contributed by atoms with E-state index in [2.05, 4.69) is 20.9 Å². The number of pyridine rings is 1. The summed E-state index contributed by atoms with van der Waals surface area (Å²) in [6.45, 7) is 0.307. The molecule has 0 amide bonds. The lowest BCUT2D eigenvalue weighted by Crippen LogP contribution is -2.21. The van der Waals surface area contributed by atoms with E-state index in [0.29, 0.717) is 12.3 Å². The second-order valence-corrected chi connectivity index (χ2v) is 5.28. The van der Waals surface area contributed by atoms with E-state index in [1.165, 1.54) is 0 Å². The molecule has 0 bridgehead atoms. The Morgan fingerprint density at radius 2 is 2.15 bits per heavy atom. The molecule has 0 saturated carbocycles. The first kappa shape index (κ1) is 15.0. The van der Waals surface area contributed by atoms with E-state index in [4.69, 9.17) is 10.5 Å². The van der Waals surface area contributed by atoms with Gasteiger partial charge >= 0.3 is 0 Å². The summed E-state index contributed by atoms with van der Waals surface area (Å²) in [7, 11) is 1.60. The van der Waals surface area contributed by atoms with Crippen molar-refractivity contribution in [1.29, 1.82) is 0 Å². The highest BCUT2D eigenvalue weighted by Crippen LogP contribution is 2.35. The number of aliphatic hydroxyl groups excluding tert-OH is 1. The van der Waals surface area contributed by atoms with Crippen molar-refractivity contribution in [2.75, 3.05) is 13.7 Å². The van der Waals surface area contributed by atoms with Crippen molar-refractivity contribution >= 4 is 15.9 Å². The summed E-state index contributed by atoms with van der Waals surface area (Å²) in [5.41, 5.74) is 7.33. The second-order valence-electron chi connectivity index (χ2n) is 4.43. The molecule has 0 radical (unpaired) electrons. The fourth-order valence-corrected chi connectivity index (χ4v) is 2.58. The van der Waals surface area contributed by atoms with Crippen molar-refractivity contribution < 1.29 is 9.84 Å². The quantitative estimate of drug-likeness (QED) is 0.880. The Balaban J connectivity index is 2.36. The molecule has 2 rings (SSSR count). The van der Waals surface area contributed by atoms with Gasteiger partial charge in [0.15, 0.2) is 0 Å². The molecule has 0 aliphatic carbocycles. The SMILES string of the molecule is COc1ccc(Br)c(C(O)C(CN)c2ccccn2)c1. The molecule has 2 aromatic rings. The minimum absolute atomic E-state index is 0.264. The molecule has 106 valence electrons. The highest BCUT2D eigenvalue weighted by Gasteiger charge is 2.24. The Kier molecular flexibility index (Phi) is 5.11. The lowest BCUT2D eigenvalue weighted by atomic mass is 9.92. The summed E-state index contributed by atoms with van der Waals surface area (Å²) in [4.78, 5) is 4.28. The Labute approximate surface area is 126 Å². The molecule has 2 unspecified atom stereocenters. The van der Waals surface area contributed by atoms with Crippen molar-refractivity contribution in [3.8, 4) is 5.75 Å². The molecule has 0 aliphatic rings. The number of benzene rings is 1. The molecule has 0 fully saturated rings. The summed E-state index contributed by atoms with van der Waals surface area (Å²) < 4.78 is 6.02. The number of halogens is 1. The van der Waals surface area contributed by atoms with Crippen LogP contribution in [0.5, 0.6) is 5.75 Å². The normalized spacial score (nSPS) is 13.8. The third-order valence-electron chi connectivity index (χ3n) is 3.22. The van der Waals surface area contributed by atoms with Gasteiger partial charge in [-0.1, -0.05) is 22.0 Å². The Bertz CT molecular complexity index is 563. The van der Waals surface area contributed by atoms with Crippen LogP contribution in [-0.2, 0) is 0 Å². The van der Waals surface area contributed by atoms with E-state index >= 15 is 0 Å². The minimum Gasteiger partial charge on any atom is -0.497 e. The highest BCUT2D eigenvalue weighted by molar-refractivity contribution is 9.10. The van der Waals surface area contributed by atoms with Crippen LogP contribution in [0.1, 0.15) is 23.3 Å². The molecule has 1 aromatic heterocycles. The summed E-state index contributed by atoms with van der Waals surface area (Å²) in [5.74, 6) is 0.429. The van der Waals surface area contributed by atoms with Gasteiger partial charge in [-0.2, -0.15) is 0 Å². The Hall–Kier alpha value is -1.43. The van der Waals surface area contributed by atoms with Crippen LogP contribution < -0.4 is 10.5 Å². The van der Waals surface area contributed by atoms with Gasteiger partial charge in [-0.3, -0.25) is 4.98 Å². The predicted molar refractivity (Wildman–Crippen MR) is 81.7 cm³/mol. The van der Waals surface area contributed by atoms with Crippen LogP contribution in [0.2, 0.25) is 0 Å². The third-order valence-corrected chi connectivity index (χ3v) is 3.95. The van der Waals surface area contributed by atoms with E-state index in [1.54, 1.807) is 19.4 Å². The fraction of sp³-hybridized carbons (Fsp3) is 0.267. The number of aromatic nitrogens is 1. The fourth-order valence-electron chi connectivity index (χ4n) is 2.10. The number of methoxy groups -OCH3 is 1. The number of aliphatic hydroxyl groups is 1. The number of nitrogens with zero attached hydrogens (tertiary/aromatic N) is 1. The maximum Gasteiger partial charge on any atom is 0.119 e. The number of rotatable bonds is 5. The zero-order valence-electron chi connectivity index (χ0n) is 11.2.